The molecular weight excluding hydrogens is 204 g/mol. The number of hydrogen-bond donors (Lipinski definition) is 1. The Bertz CT molecular complexity index is 538. The van der Waals surface area contributed by atoms with Crippen LogP contribution in [0.25, 0.3) is 10.8 Å². The van der Waals surface area contributed by atoms with Gasteiger partial charge >= 0.3 is 0 Å². The topological polar surface area (TPSA) is 65.2 Å². The second-order valence-corrected chi connectivity index (χ2v) is 3.38. The Morgan fingerprint density at radius 2 is 2.25 bits per heavy atom. The molecule has 0 spiro atoms. The minimum absolute atomic E-state index is 0.0216. The van der Waals surface area contributed by atoms with Crippen LogP contribution in [0.2, 0.25) is 0 Å². The summed E-state index contributed by atoms with van der Waals surface area (Å²) in [6.45, 7) is 0.0216. The fourth-order valence-corrected chi connectivity index (χ4v) is 1.60. The summed E-state index contributed by atoms with van der Waals surface area (Å²) in [7, 11) is 1.57. The van der Waals surface area contributed by atoms with Crippen LogP contribution >= 0.6 is 0 Å². The van der Waals surface area contributed by atoms with E-state index in [1.807, 2.05) is 12.1 Å². The summed E-state index contributed by atoms with van der Waals surface area (Å²) in [4.78, 5) is 15.5. The number of carbonyl (C=O) groups is 1. The number of nitrogens with zero attached hydrogens (tertiary/aromatic N) is 1. The number of fused-ring (bicyclic) bond motifs is 1. The third kappa shape index (κ3) is 1.75. The zero-order valence-electron chi connectivity index (χ0n) is 8.93. The van der Waals surface area contributed by atoms with Crippen LogP contribution in [-0.2, 0) is 0 Å². The van der Waals surface area contributed by atoms with Crippen LogP contribution in [0, 0.1) is 0 Å². The Kier molecular flexibility index (Phi) is 2.83. The third-order valence-corrected chi connectivity index (χ3v) is 2.43. The van der Waals surface area contributed by atoms with Gasteiger partial charge in [-0.15, -0.1) is 0 Å². The first-order chi connectivity index (χ1) is 7.76. The summed E-state index contributed by atoms with van der Waals surface area (Å²) < 4.78 is 5.13. The molecule has 2 aromatic rings. The highest BCUT2D eigenvalue weighted by molar-refractivity contribution is 6.01. The van der Waals surface area contributed by atoms with Crippen LogP contribution in [0.3, 0.4) is 0 Å². The Labute approximate surface area is 93.0 Å². The lowest BCUT2D eigenvalue weighted by atomic mass is 10.1. The summed E-state index contributed by atoms with van der Waals surface area (Å²) in [5, 5.41) is 1.81. The molecule has 0 saturated heterocycles. The number of pyridine rings is 1. The van der Waals surface area contributed by atoms with Crippen molar-refractivity contribution in [1.82, 2.24) is 4.98 Å². The van der Waals surface area contributed by atoms with Crippen LogP contribution in [-0.4, -0.2) is 24.4 Å². The molecule has 0 fully saturated rings. The van der Waals surface area contributed by atoms with E-state index in [2.05, 4.69) is 4.98 Å². The van der Waals surface area contributed by atoms with E-state index in [1.165, 1.54) is 0 Å². The molecule has 4 heteroatoms. The summed E-state index contributed by atoms with van der Waals surface area (Å²) in [6.07, 6.45) is 1.65. The number of benzene rings is 1. The monoisotopic (exact) mass is 216 g/mol. The maximum absolute atomic E-state index is 11.4. The van der Waals surface area contributed by atoms with E-state index in [-0.39, 0.29) is 12.3 Å². The highest BCUT2D eigenvalue weighted by Gasteiger charge is 2.07. The molecule has 0 saturated carbocycles. The van der Waals surface area contributed by atoms with E-state index in [9.17, 15) is 4.79 Å². The van der Waals surface area contributed by atoms with Crippen molar-refractivity contribution < 1.29 is 9.53 Å². The summed E-state index contributed by atoms with van der Waals surface area (Å²) in [5.74, 6) is 0.488. The van der Waals surface area contributed by atoms with E-state index < -0.39 is 0 Å². The summed E-state index contributed by atoms with van der Waals surface area (Å²) in [6, 6.07) is 7.20. The second kappa shape index (κ2) is 4.28. The molecule has 0 atom stereocenters. The van der Waals surface area contributed by atoms with Crippen molar-refractivity contribution in [2.45, 2.75) is 0 Å². The van der Waals surface area contributed by atoms with Gasteiger partial charge in [-0.2, -0.15) is 0 Å². The van der Waals surface area contributed by atoms with E-state index in [0.29, 0.717) is 11.4 Å². The van der Waals surface area contributed by atoms with Gasteiger partial charge in [0.25, 0.3) is 0 Å². The van der Waals surface area contributed by atoms with Gasteiger partial charge in [-0.05, 0) is 23.6 Å². The standard InChI is InChI=1S/C12H12N2O2/c1-16-12-10-3-2-9(11(15)7-13)6-8(10)4-5-14-12/h2-6H,7,13H2,1H3. The normalized spacial score (nSPS) is 10.4. The maximum atomic E-state index is 11.4. The number of nitrogens with two attached hydrogens (primary N) is 1. The molecule has 0 amide bonds. The molecule has 2 N–H and O–H groups in total. The van der Waals surface area contributed by atoms with Crippen molar-refractivity contribution in [3.63, 3.8) is 0 Å². The molecular formula is C12H12N2O2. The molecule has 1 heterocycles. The van der Waals surface area contributed by atoms with Gasteiger partial charge in [0.2, 0.25) is 5.88 Å². The van der Waals surface area contributed by atoms with Gasteiger partial charge in [0, 0.05) is 17.1 Å². The Balaban J connectivity index is 2.59. The van der Waals surface area contributed by atoms with Crippen molar-refractivity contribution in [2.75, 3.05) is 13.7 Å². The minimum atomic E-state index is -0.0716. The van der Waals surface area contributed by atoms with Crippen molar-refractivity contribution in [3.8, 4) is 5.88 Å². The van der Waals surface area contributed by atoms with Gasteiger partial charge < -0.3 is 10.5 Å². The number of rotatable bonds is 3. The molecule has 0 aliphatic rings. The zero-order valence-corrected chi connectivity index (χ0v) is 8.93. The SMILES string of the molecule is COc1nccc2cc(C(=O)CN)ccc12. The van der Waals surface area contributed by atoms with Gasteiger partial charge in [-0.3, -0.25) is 4.79 Å². The van der Waals surface area contributed by atoms with Gasteiger partial charge in [-0.25, -0.2) is 4.98 Å². The molecule has 0 aliphatic heterocycles. The van der Waals surface area contributed by atoms with E-state index >= 15 is 0 Å². The molecule has 0 aliphatic carbocycles. The fraction of sp³-hybridized carbons (Fsp3) is 0.167. The highest BCUT2D eigenvalue weighted by atomic mass is 16.5. The molecule has 0 bridgehead atoms. The maximum Gasteiger partial charge on any atom is 0.221 e. The predicted octanol–water partition coefficient (Wildman–Crippen LogP) is 1.38. The van der Waals surface area contributed by atoms with Crippen molar-refractivity contribution >= 4 is 16.6 Å². The van der Waals surface area contributed by atoms with Crippen LogP contribution < -0.4 is 10.5 Å². The molecule has 1 aromatic heterocycles. The van der Waals surface area contributed by atoms with Crippen molar-refractivity contribution in [1.29, 1.82) is 0 Å². The smallest absolute Gasteiger partial charge is 0.221 e. The molecule has 0 unspecified atom stereocenters. The van der Waals surface area contributed by atoms with Gasteiger partial charge in [0.15, 0.2) is 5.78 Å². The average molecular weight is 216 g/mol. The lowest BCUT2D eigenvalue weighted by Gasteiger charge is -2.05. The number of methoxy groups -OCH3 is 1. The van der Waals surface area contributed by atoms with E-state index in [4.69, 9.17) is 10.5 Å². The number of hydrogen-bond acceptors (Lipinski definition) is 4. The lowest BCUT2D eigenvalue weighted by Crippen LogP contribution is -2.13. The quantitative estimate of drug-likeness (QED) is 0.787. The van der Waals surface area contributed by atoms with Crippen molar-refractivity contribution in [3.05, 3.63) is 36.0 Å². The Morgan fingerprint density at radius 1 is 1.44 bits per heavy atom. The predicted molar refractivity (Wildman–Crippen MR) is 61.7 cm³/mol. The van der Waals surface area contributed by atoms with Crippen LogP contribution in [0.5, 0.6) is 5.88 Å². The Hall–Kier alpha value is -1.94. The lowest BCUT2D eigenvalue weighted by molar-refractivity contribution is 0.100. The molecule has 2 rings (SSSR count). The molecule has 16 heavy (non-hydrogen) atoms. The molecule has 1 aromatic carbocycles. The number of aromatic nitrogens is 1. The molecule has 4 nitrogen and oxygen atoms in total. The summed E-state index contributed by atoms with van der Waals surface area (Å²) in [5.41, 5.74) is 5.93. The minimum Gasteiger partial charge on any atom is -0.481 e. The first kappa shape index (κ1) is 10.6. The fourth-order valence-electron chi connectivity index (χ4n) is 1.60. The largest absolute Gasteiger partial charge is 0.481 e. The number of Topliss-reactive ketones (excluding diaryl/α,β-unsaturated/α-hetero) is 1. The highest BCUT2D eigenvalue weighted by Crippen LogP contribution is 2.23. The number of carbonyl (C=O) groups excluding carboxylic acids is 1. The Morgan fingerprint density at radius 3 is 2.94 bits per heavy atom. The second-order valence-electron chi connectivity index (χ2n) is 3.38. The van der Waals surface area contributed by atoms with Gasteiger partial charge in [0.1, 0.15) is 0 Å². The van der Waals surface area contributed by atoms with Crippen LogP contribution in [0.4, 0.5) is 0 Å². The molecule has 0 radical (unpaired) electrons. The number of ketones is 1. The van der Waals surface area contributed by atoms with Gasteiger partial charge in [0.05, 0.1) is 13.7 Å². The zero-order chi connectivity index (χ0) is 11.5. The third-order valence-electron chi connectivity index (χ3n) is 2.43. The van der Waals surface area contributed by atoms with E-state index in [0.717, 1.165) is 10.8 Å². The first-order valence-electron chi connectivity index (χ1n) is 4.92. The van der Waals surface area contributed by atoms with Gasteiger partial charge in [-0.1, -0.05) is 6.07 Å². The summed E-state index contributed by atoms with van der Waals surface area (Å²) >= 11 is 0. The first-order valence-corrected chi connectivity index (χ1v) is 4.92. The number of ether oxygens (including phenoxy) is 1. The van der Waals surface area contributed by atoms with Crippen LogP contribution in [0.15, 0.2) is 30.5 Å². The average Bonchev–Trinajstić information content (AvgIpc) is 2.36. The van der Waals surface area contributed by atoms with E-state index in [1.54, 1.807) is 25.4 Å². The van der Waals surface area contributed by atoms with Crippen molar-refractivity contribution in [2.24, 2.45) is 5.73 Å². The molecule has 82 valence electrons. The van der Waals surface area contributed by atoms with Crippen LogP contribution in [0.1, 0.15) is 10.4 Å².